The number of carbonyl (C=O) groups is 2. The Kier molecular flexibility index (Phi) is 3.86. The second-order valence-corrected chi connectivity index (χ2v) is 7.99. The maximum absolute atomic E-state index is 13.3. The number of hydrogen-bond donors (Lipinski definition) is 3. The minimum absolute atomic E-state index is 0.206. The van der Waals surface area contributed by atoms with E-state index >= 15 is 0 Å². The lowest BCUT2D eigenvalue weighted by molar-refractivity contribution is -0.146. The Morgan fingerprint density at radius 2 is 2.11 bits per heavy atom. The van der Waals surface area contributed by atoms with Gasteiger partial charge >= 0.3 is 5.97 Å². The molecular weight excluding hydrogens is 422 g/mol. The second kappa shape index (κ2) is 6.18. The first kappa shape index (κ1) is 17.5. The number of H-pyrrole nitrogens is 1. The van der Waals surface area contributed by atoms with E-state index in [2.05, 4.69) is 31.5 Å². The van der Waals surface area contributed by atoms with E-state index < -0.39 is 11.6 Å². The predicted molar refractivity (Wildman–Crippen MR) is 109 cm³/mol. The van der Waals surface area contributed by atoms with E-state index in [1.807, 2.05) is 42.5 Å². The molecule has 0 saturated carbocycles. The number of ether oxygens (including phenoxy) is 1. The van der Waals surface area contributed by atoms with Gasteiger partial charge in [0.15, 0.2) is 5.54 Å². The normalized spacial score (nSPS) is 22.8. The number of rotatable bonds is 2. The molecule has 2 aliphatic heterocycles. The van der Waals surface area contributed by atoms with Crippen molar-refractivity contribution in [3.05, 3.63) is 63.8 Å². The average molecular weight is 440 g/mol. The van der Waals surface area contributed by atoms with Crippen LogP contribution in [0.25, 0.3) is 10.9 Å². The number of fused-ring (bicyclic) bond motifs is 6. The van der Waals surface area contributed by atoms with Gasteiger partial charge in [0.1, 0.15) is 6.04 Å². The zero-order valence-corrected chi connectivity index (χ0v) is 16.7. The summed E-state index contributed by atoms with van der Waals surface area (Å²) in [6.07, 6.45) is 0.455. The van der Waals surface area contributed by atoms with Gasteiger partial charge in [0.2, 0.25) is 0 Å². The summed E-state index contributed by atoms with van der Waals surface area (Å²) >= 11 is 3.51. The van der Waals surface area contributed by atoms with E-state index in [0.717, 1.165) is 37.9 Å². The zero-order chi connectivity index (χ0) is 19.5. The van der Waals surface area contributed by atoms with Gasteiger partial charge in [-0.15, -0.1) is 0 Å². The monoisotopic (exact) mass is 439 g/mol. The van der Waals surface area contributed by atoms with Gasteiger partial charge in [-0.1, -0.05) is 34.1 Å². The Balaban J connectivity index is 1.80. The summed E-state index contributed by atoms with van der Waals surface area (Å²) in [6, 6.07) is 13.0. The SMILES string of the molecule is CCOC(=O)[C@H]1Cc2c([nH]c3ccccc23)[C@@]2(N1)C(=O)Nc1ccc(Br)cc12. The lowest BCUT2D eigenvalue weighted by atomic mass is 9.79. The summed E-state index contributed by atoms with van der Waals surface area (Å²) in [5.74, 6) is -0.559. The van der Waals surface area contributed by atoms with Crippen molar-refractivity contribution in [2.45, 2.75) is 24.9 Å². The molecule has 1 spiro atoms. The van der Waals surface area contributed by atoms with Crippen LogP contribution in [-0.2, 0) is 26.3 Å². The van der Waals surface area contributed by atoms with Crippen LogP contribution in [0, 0.1) is 0 Å². The number of hydrogen-bond acceptors (Lipinski definition) is 4. The first-order chi connectivity index (χ1) is 13.5. The van der Waals surface area contributed by atoms with Gasteiger partial charge in [-0.05, 0) is 36.8 Å². The molecule has 5 rings (SSSR count). The molecule has 0 bridgehead atoms. The highest BCUT2D eigenvalue weighted by atomic mass is 79.9. The number of benzene rings is 2. The molecule has 0 unspecified atom stereocenters. The number of para-hydroxylation sites is 1. The third-order valence-electron chi connectivity index (χ3n) is 5.53. The van der Waals surface area contributed by atoms with E-state index in [1.54, 1.807) is 6.92 Å². The third kappa shape index (κ3) is 2.29. The first-order valence-electron chi connectivity index (χ1n) is 9.20. The maximum Gasteiger partial charge on any atom is 0.323 e. The fraction of sp³-hybridized carbons (Fsp3) is 0.238. The van der Waals surface area contributed by atoms with E-state index in [4.69, 9.17) is 4.74 Å². The Bertz CT molecular complexity index is 1140. The number of esters is 1. The van der Waals surface area contributed by atoms with Crippen molar-refractivity contribution in [2.24, 2.45) is 0 Å². The minimum atomic E-state index is -1.18. The van der Waals surface area contributed by atoms with Gasteiger partial charge in [-0.3, -0.25) is 14.9 Å². The quantitative estimate of drug-likeness (QED) is 0.535. The van der Waals surface area contributed by atoms with Gasteiger partial charge in [0, 0.05) is 33.0 Å². The number of aromatic nitrogens is 1. The molecule has 0 radical (unpaired) electrons. The fourth-order valence-corrected chi connectivity index (χ4v) is 4.73. The van der Waals surface area contributed by atoms with Crippen molar-refractivity contribution >= 4 is 44.4 Å². The molecule has 28 heavy (non-hydrogen) atoms. The van der Waals surface area contributed by atoms with Crippen molar-refractivity contribution in [2.75, 3.05) is 11.9 Å². The zero-order valence-electron chi connectivity index (χ0n) is 15.1. The van der Waals surface area contributed by atoms with Gasteiger partial charge in [-0.25, -0.2) is 0 Å². The minimum Gasteiger partial charge on any atom is -0.465 e. The van der Waals surface area contributed by atoms with Crippen LogP contribution in [0.1, 0.15) is 23.7 Å². The third-order valence-corrected chi connectivity index (χ3v) is 6.03. The molecule has 3 N–H and O–H groups in total. The van der Waals surface area contributed by atoms with E-state index in [0.29, 0.717) is 13.0 Å². The molecule has 0 fully saturated rings. The number of aromatic amines is 1. The average Bonchev–Trinajstić information content (AvgIpc) is 3.19. The summed E-state index contributed by atoms with van der Waals surface area (Å²) < 4.78 is 6.14. The van der Waals surface area contributed by atoms with Crippen molar-refractivity contribution < 1.29 is 14.3 Å². The molecule has 3 aromatic rings. The summed E-state index contributed by atoms with van der Waals surface area (Å²) in [7, 11) is 0. The Hall–Kier alpha value is -2.64. The smallest absolute Gasteiger partial charge is 0.323 e. The summed E-state index contributed by atoms with van der Waals surface area (Å²) in [5.41, 5.74) is 3.03. The van der Waals surface area contributed by atoms with Gasteiger partial charge in [0.25, 0.3) is 5.91 Å². The molecule has 3 heterocycles. The molecule has 2 aromatic carbocycles. The Labute approximate surface area is 169 Å². The van der Waals surface area contributed by atoms with Crippen molar-refractivity contribution in [1.29, 1.82) is 0 Å². The first-order valence-corrected chi connectivity index (χ1v) is 9.99. The van der Waals surface area contributed by atoms with Crippen LogP contribution < -0.4 is 10.6 Å². The van der Waals surface area contributed by atoms with Crippen LogP contribution >= 0.6 is 15.9 Å². The molecule has 0 aliphatic carbocycles. The molecule has 1 aromatic heterocycles. The van der Waals surface area contributed by atoms with Crippen molar-refractivity contribution in [3.8, 4) is 0 Å². The topological polar surface area (TPSA) is 83.2 Å². The van der Waals surface area contributed by atoms with Crippen LogP contribution in [0.4, 0.5) is 5.69 Å². The van der Waals surface area contributed by atoms with Crippen LogP contribution in [-0.4, -0.2) is 29.5 Å². The Morgan fingerprint density at radius 3 is 2.93 bits per heavy atom. The molecule has 142 valence electrons. The van der Waals surface area contributed by atoms with Crippen LogP contribution in [0.5, 0.6) is 0 Å². The van der Waals surface area contributed by atoms with Gasteiger partial charge in [-0.2, -0.15) is 0 Å². The number of anilines is 1. The van der Waals surface area contributed by atoms with Crippen LogP contribution in [0.3, 0.4) is 0 Å². The number of nitrogens with one attached hydrogen (secondary N) is 3. The highest BCUT2D eigenvalue weighted by Gasteiger charge is 2.55. The standard InChI is InChI=1S/C21H18BrN3O3/c1-2-28-19(26)17-10-13-12-5-3-4-6-15(12)23-18(13)21(25-17)14-9-11(22)7-8-16(14)24-20(21)27/h3-9,17,23,25H,2,10H2,1H3,(H,24,27)/t17-,21-/m1/s1. The highest BCUT2D eigenvalue weighted by Crippen LogP contribution is 2.47. The molecule has 6 nitrogen and oxygen atoms in total. The Morgan fingerprint density at radius 1 is 1.29 bits per heavy atom. The molecular formula is C21H18BrN3O3. The molecule has 7 heteroatoms. The number of carbonyl (C=O) groups excluding carboxylic acids is 2. The van der Waals surface area contributed by atoms with Crippen molar-refractivity contribution in [1.82, 2.24) is 10.3 Å². The number of halogens is 1. The van der Waals surface area contributed by atoms with Crippen molar-refractivity contribution in [3.63, 3.8) is 0 Å². The lowest BCUT2D eigenvalue weighted by Crippen LogP contribution is -2.59. The maximum atomic E-state index is 13.3. The fourth-order valence-electron chi connectivity index (χ4n) is 4.37. The van der Waals surface area contributed by atoms with Gasteiger partial charge in [0.05, 0.1) is 12.3 Å². The molecule has 2 aliphatic rings. The molecule has 0 saturated heterocycles. The van der Waals surface area contributed by atoms with Crippen LogP contribution in [0.15, 0.2) is 46.9 Å². The van der Waals surface area contributed by atoms with Crippen LogP contribution in [0.2, 0.25) is 0 Å². The predicted octanol–water partition coefficient (Wildman–Crippen LogP) is 3.20. The molecule has 1 amide bonds. The number of amides is 1. The summed E-state index contributed by atoms with van der Waals surface area (Å²) in [6.45, 7) is 2.07. The van der Waals surface area contributed by atoms with E-state index in [-0.39, 0.29) is 11.9 Å². The second-order valence-electron chi connectivity index (χ2n) is 7.07. The largest absolute Gasteiger partial charge is 0.465 e. The van der Waals surface area contributed by atoms with Gasteiger partial charge < -0.3 is 15.0 Å². The molecule has 2 atom stereocenters. The lowest BCUT2D eigenvalue weighted by Gasteiger charge is -2.37. The highest BCUT2D eigenvalue weighted by molar-refractivity contribution is 9.10. The summed E-state index contributed by atoms with van der Waals surface area (Å²) in [5, 5.41) is 7.31. The van der Waals surface area contributed by atoms with E-state index in [9.17, 15) is 9.59 Å². The van der Waals surface area contributed by atoms with E-state index in [1.165, 1.54) is 0 Å². The summed E-state index contributed by atoms with van der Waals surface area (Å²) in [4.78, 5) is 29.4.